The molecule has 2 aromatic rings. The molecule has 4 heteroatoms. The zero-order valence-electron chi connectivity index (χ0n) is 8.33. The van der Waals surface area contributed by atoms with E-state index in [0.717, 1.165) is 15.4 Å². The lowest BCUT2D eigenvalue weighted by atomic mass is 10.1. The number of halogens is 1. The molecule has 2 N–H and O–H groups in total. The second kappa shape index (κ2) is 3.79. The van der Waals surface area contributed by atoms with E-state index in [1.54, 1.807) is 11.6 Å². The van der Waals surface area contributed by atoms with Crippen molar-refractivity contribution in [2.45, 2.75) is 6.54 Å². The quantitative estimate of drug-likeness (QED) is 0.855. The maximum absolute atomic E-state index is 11.8. The number of aromatic nitrogens is 1. The van der Waals surface area contributed by atoms with Crippen LogP contribution in [0.5, 0.6) is 0 Å². The average Bonchev–Trinajstić information content (AvgIpc) is 2.23. The maximum Gasteiger partial charge on any atom is 0.255 e. The van der Waals surface area contributed by atoms with Crippen molar-refractivity contribution in [3.05, 3.63) is 44.7 Å². The molecule has 0 aliphatic heterocycles. The summed E-state index contributed by atoms with van der Waals surface area (Å²) in [7, 11) is 1.76. The summed E-state index contributed by atoms with van der Waals surface area (Å²) in [6.45, 7) is 0.273. The summed E-state index contributed by atoms with van der Waals surface area (Å²) in [4.78, 5) is 11.8. The Hall–Kier alpha value is -1.13. The van der Waals surface area contributed by atoms with Crippen molar-refractivity contribution >= 4 is 26.8 Å². The molecule has 2 rings (SSSR count). The summed E-state index contributed by atoms with van der Waals surface area (Å²) in [5, 5.41) is 1.02. The molecule has 0 spiro atoms. The van der Waals surface area contributed by atoms with Gasteiger partial charge in [0.15, 0.2) is 0 Å². The lowest BCUT2D eigenvalue weighted by molar-refractivity contribution is 0.869. The predicted molar refractivity (Wildman–Crippen MR) is 64.8 cm³/mol. The van der Waals surface area contributed by atoms with E-state index in [9.17, 15) is 4.79 Å². The first-order valence-corrected chi connectivity index (χ1v) is 5.41. The standard InChI is InChI=1S/C11H11BrN2O/c1-14-10-3-2-9(12)5-7(10)4-8(6-13)11(14)15/h2-5H,6,13H2,1H3. The van der Waals surface area contributed by atoms with Gasteiger partial charge in [-0.3, -0.25) is 4.79 Å². The Bertz CT molecular complexity index is 575. The molecule has 15 heavy (non-hydrogen) atoms. The molecular weight excluding hydrogens is 256 g/mol. The first kappa shape index (κ1) is 10.4. The summed E-state index contributed by atoms with van der Waals surface area (Å²) in [6, 6.07) is 7.67. The molecule has 0 amide bonds. The lowest BCUT2D eigenvalue weighted by Crippen LogP contribution is -2.23. The molecule has 1 heterocycles. The maximum atomic E-state index is 11.8. The summed E-state index contributed by atoms with van der Waals surface area (Å²) >= 11 is 3.40. The van der Waals surface area contributed by atoms with Crippen molar-refractivity contribution in [3.8, 4) is 0 Å². The van der Waals surface area contributed by atoms with Gasteiger partial charge >= 0.3 is 0 Å². The summed E-state index contributed by atoms with van der Waals surface area (Å²) < 4.78 is 2.63. The van der Waals surface area contributed by atoms with Gasteiger partial charge in [-0.05, 0) is 29.7 Å². The molecule has 0 aliphatic carbocycles. The summed E-state index contributed by atoms with van der Waals surface area (Å²) in [6.07, 6.45) is 0. The van der Waals surface area contributed by atoms with Gasteiger partial charge in [0, 0.05) is 23.6 Å². The minimum Gasteiger partial charge on any atom is -0.326 e. The molecule has 0 atom stereocenters. The highest BCUT2D eigenvalue weighted by atomic mass is 79.9. The number of fused-ring (bicyclic) bond motifs is 1. The van der Waals surface area contributed by atoms with Crippen LogP contribution >= 0.6 is 15.9 Å². The van der Waals surface area contributed by atoms with Crippen LogP contribution < -0.4 is 11.3 Å². The third-order valence-corrected chi connectivity index (χ3v) is 2.97. The monoisotopic (exact) mass is 266 g/mol. The minimum atomic E-state index is -0.0210. The molecule has 0 unspecified atom stereocenters. The van der Waals surface area contributed by atoms with Gasteiger partial charge in [0.2, 0.25) is 0 Å². The van der Waals surface area contributed by atoms with Crippen molar-refractivity contribution in [1.82, 2.24) is 4.57 Å². The van der Waals surface area contributed by atoms with Crippen LogP contribution in [0.4, 0.5) is 0 Å². The molecule has 0 bridgehead atoms. The SMILES string of the molecule is Cn1c(=O)c(CN)cc2cc(Br)ccc21. The van der Waals surface area contributed by atoms with E-state index in [1.807, 2.05) is 24.3 Å². The number of nitrogens with zero attached hydrogens (tertiary/aromatic N) is 1. The van der Waals surface area contributed by atoms with E-state index >= 15 is 0 Å². The first-order chi connectivity index (χ1) is 7.13. The molecule has 1 aromatic carbocycles. The molecule has 0 aliphatic rings. The second-order valence-electron chi connectivity index (χ2n) is 3.44. The van der Waals surface area contributed by atoms with Gasteiger partial charge in [-0.15, -0.1) is 0 Å². The predicted octanol–water partition coefficient (Wildman–Crippen LogP) is 1.76. The summed E-state index contributed by atoms with van der Waals surface area (Å²) in [5.41, 5.74) is 7.06. The molecule has 78 valence electrons. The Balaban J connectivity index is 2.91. The fraction of sp³-hybridized carbons (Fsp3) is 0.182. The van der Waals surface area contributed by atoms with Crippen LogP contribution in [0.3, 0.4) is 0 Å². The molecular formula is C11H11BrN2O. The van der Waals surface area contributed by atoms with Gasteiger partial charge in [0.05, 0.1) is 5.52 Å². The third kappa shape index (κ3) is 1.70. The number of hydrogen-bond donors (Lipinski definition) is 1. The second-order valence-corrected chi connectivity index (χ2v) is 4.36. The number of aryl methyl sites for hydroxylation is 1. The molecule has 1 aromatic heterocycles. The van der Waals surface area contributed by atoms with Gasteiger partial charge < -0.3 is 10.3 Å². The van der Waals surface area contributed by atoms with E-state index < -0.39 is 0 Å². The zero-order valence-corrected chi connectivity index (χ0v) is 9.91. The smallest absolute Gasteiger partial charge is 0.255 e. The van der Waals surface area contributed by atoms with Gasteiger partial charge in [-0.1, -0.05) is 15.9 Å². The van der Waals surface area contributed by atoms with Gasteiger partial charge in [0.1, 0.15) is 0 Å². The number of pyridine rings is 1. The van der Waals surface area contributed by atoms with Crippen LogP contribution in [0.1, 0.15) is 5.56 Å². The molecule has 0 saturated heterocycles. The lowest BCUT2D eigenvalue weighted by Gasteiger charge is -2.07. The highest BCUT2D eigenvalue weighted by molar-refractivity contribution is 9.10. The highest BCUT2D eigenvalue weighted by Gasteiger charge is 2.05. The van der Waals surface area contributed by atoms with E-state index in [0.29, 0.717) is 5.56 Å². The average molecular weight is 267 g/mol. The number of nitrogens with two attached hydrogens (primary N) is 1. The minimum absolute atomic E-state index is 0.0210. The summed E-state index contributed by atoms with van der Waals surface area (Å²) in [5.74, 6) is 0. The van der Waals surface area contributed by atoms with Crippen LogP contribution in [0, 0.1) is 0 Å². The normalized spacial score (nSPS) is 10.9. The van der Waals surface area contributed by atoms with Gasteiger partial charge in [-0.2, -0.15) is 0 Å². The number of hydrogen-bond acceptors (Lipinski definition) is 2. The van der Waals surface area contributed by atoms with E-state index in [4.69, 9.17) is 5.73 Å². The van der Waals surface area contributed by atoms with Crippen molar-refractivity contribution in [1.29, 1.82) is 0 Å². The Morgan fingerprint density at radius 1 is 1.40 bits per heavy atom. The number of rotatable bonds is 1. The highest BCUT2D eigenvalue weighted by Crippen LogP contribution is 2.18. The van der Waals surface area contributed by atoms with Crippen molar-refractivity contribution in [2.24, 2.45) is 12.8 Å². The van der Waals surface area contributed by atoms with Crippen molar-refractivity contribution < 1.29 is 0 Å². The van der Waals surface area contributed by atoms with Gasteiger partial charge in [0.25, 0.3) is 5.56 Å². The number of benzene rings is 1. The molecule has 0 radical (unpaired) electrons. The van der Waals surface area contributed by atoms with Crippen LogP contribution in [-0.4, -0.2) is 4.57 Å². The molecule has 0 fully saturated rings. The van der Waals surface area contributed by atoms with Crippen LogP contribution in [0.2, 0.25) is 0 Å². The third-order valence-electron chi connectivity index (χ3n) is 2.48. The Labute approximate surface area is 95.6 Å². The molecule has 3 nitrogen and oxygen atoms in total. The van der Waals surface area contributed by atoms with Crippen LogP contribution in [0.25, 0.3) is 10.9 Å². The fourth-order valence-corrected chi connectivity index (χ4v) is 2.05. The zero-order chi connectivity index (χ0) is 11.0. The van der Waals surface area contributed by atoms with Crippen molar-refractivity contribution in [3.63, 3.8) is 0 Å². The Morgan fingerprint density at radius 2 is 2.13 bits per heavy atom. The van der Waals surface area contributed by atoms with Crippen LogP contribution in [-0.2, 0) is 13.6 Å². The van der Waals surface area contributed by atoms with Crippen molar-refractivity contribution in [2.75, 3.05) is 0 Å². The van der Waals surface area contributed by atoms with E-state index in [1.165, 1.54) is 0 Å². The Morgan fingerprint density at radius 3 is 2.80 bits per heavy atom. The first-order valence-electron chi connectivity index (χ1n) is 4.61. The Kier molecular flexibility index (Phi) is 2.63. The van der Waals surface area contributed by atoms with Crippen LogP contribution in [0.15, 0.2) is 33.5 Å². The van der Waals surface area contributed by atoms with Gasteiger partial charge in [-0.25, -0.2) is 0 Å². The molecule has 0 saturated carbocycles. The van der Waals surface area contributed by atoms with E-state index in [2.05, 4.69) is 15.9 Å². The topological polar surface area (TPSA) is 48.0 Å². The largest absolute Gasteiger partial charge is 0.326 e. The fourth-order valence-electron chi connectivity index (χ4n) is 1.67. The van der Waals surface area contributed by atoms with E-state index in [-0.39, 0.29) is 12.1 Å².